The summed E-state index contributed by atoms with van der Waals surface area (Å²) < 4.78 is 0. The molecule has 0 saturated carbocycles. The van der Waals surface area contributed by atoms with Crippen molar-refractivity contribution in [1.29, 1.82) is 0 Å². The Hall–Kier alpha value is -1.69. The van der Waals surface area contributed by atoms with Crippen molar-refractivity contribution in [2.75, 3.05) is 5.32 Å². The zero-order valence-corrected chi connectivity index (χ0v) is 12.0. The van der Waals surface area contributed by atoms with Crippen LogP contribution in [0.2, 0.25) is 0 Å². The molecule has 0 aliphatic rings. The SMILES string of the molecule is Cc1csc2ncnc(NC(C)(C)CCC(=O)O)c12. The van der Waals surface area contributed by atoms with Crippen LogP contribution in [0.15, 0.2) is 11.7 Å². The maximum Gasteiger partial charge on any atom is 0.303 e. The predicted octanol–water partition coefficient (Wildman–Crippen LogP) is 3.06. The van der Waals surface area contributed by atoms with Gasteiger partial charge >= 0.3 is 5.97 Å². The van der Waals surface area contributed by atoms with Gasteiger partial charge in [0.05, 0.1) is 5.39 Å². The lowest BCUT2D eigenvalue weighted by atomic mass is 9.98. The van der Waals surface area contributed by atoms with Crippen LogP contribution in [0.25, 0.3) is 10.2 Å². The molecule has 0 spiro atoms. The summed E-state index contributed by atoms with van der Waals surface area (Å²) in [5.74, 6) is -0.00596. The lowest BCUT2D eigenvalue weighted by Crippen LogP contribution is -2.32. The molecule has 5 nitrogen and oxygen atoms in total. The molecule has 0 amide bonds. The second-order valence-electron chi connectivity index (χ2n) is 5.22. The van der Waals surface area contributed by atoms with E-state index in [4.69, 9.17) is 5.11 Å². The fourth-order valence-electron chi connectivity index (χ4n) is 1.91. The van der Waals surface area contributed by atoms with E-state index in [1.807, 2.05) is 20.8 Å². The van der Waals surface area contributed by atoms with Crippen molar-refractivity contribution < 1.29 is 9.90 Å². The van der Waals surface area contributed by atoms with Gasteiger partial charge in [-0.3, -0.25) is 4.79 Å². The van der Waals surface area contributed by atoms with Gasteiger partial charge in [-0.05, 0) is 38.1 Å². The number of aryl methyl sites for hydroxylation is 1. The second kappa shape index (κ2) is 5.13. The molecule has 0 saturated heterocycles. The molecule has 0 aromatic carbocycles. The summed E-state index contributed by atoms with van der Waals surface area (Å²) in [6, 6.07) is 0. The molecule has 2 heterocycles. The van der Waals surface area contributed by atoms with Crippen molar-refractivity contribution in [3.63, 3.8) is 0 Å². The minimum atomic E-state index is -0.783. The Morgan fingerprint density at radius 3 is 2.89 bits per heavy atom. The van der Waals surface area contributed by atoms with Gasteiger partial charge in [-0.1, -0.05) is 0 Å². The number of fused-ring (bicyclic) bond motifs is 1. The first-order chi connectivity index (χ1) is 8.89. The first-order valence-corrected chi connectivity index (χ1v) is 6.96. The summed E-state index contributed by atoms with van der Waals surface area (Å²) in [7, 11) is 0. The van der Waals surface area contributed by atoms with Crippen molar-refractivity contribution in [2.24, 2.45) is 0 Å². The minimum Gasteiger partial charge on any atom is -0.481 e. The van der Waals surface area contributed by atoms with Gasteiger partial charge in [-0.15, -0.1) is 11.3 Å². The molecule has 2 aromatic heterocycles. The predicted molar refractivity (Wildman–Crippen MR) is 76.7 cm³/mol. The van der Waals surface area contributed by atoms with E-state index in [2.05, 4.69) is 20.7 Å². The number of aliphatic carboxylic acids is 1. The van der Waals surface area contributed by atoms with Gasteiger partial charge in [-0.2, -0.15) is 0 Å². The molecule has 0 bridgehead atoms. The van der Waals surface area contributed by atoms with E-state index >= 15 is 0 Å². The smallest absolute Gasteiger partial charge is 0.303 e. The summed E-state index contributed by atoms with van der Waals surface area (Å²) in [6.45, 7) is 5.98. The highest BCUT2D eigenvalue weighted by Crippen LogP contribution is 2.30. The van der Waals surface area contributed by atoms with Crippen LogP contribution < -0.4 is 5.32 Å². The standard InChI is InChI=1S/C13H17N3O2S/c1-8-6-19-12-10(8)11(14-7-15-12)16-13(2,3)5-4-9(17)18/h6-7H,4-5H2,1-3H3,(H,17,18)(H,14,15,16). The molecule has 0 aliphatic heterocycles. The number of hydrogen-bond donors (Lipinski definition) is 2. The first kappa shape index (κ1) is 13.7. The Labute approximate surface area is 115 Å². The molecular weight excluding hydrogens is 262 g/mol. The molecule has 2 aromatic rings. The molecule has 19 heavy (non-hydrogen) atoms. The highest BCUT2D eigenvalue weighted by molar-refractivity contribution is 7.17. The van der Waals surface area contributed by atoms with Crippen molar-refractivity contribution in [1.82, 2.24) is 9.97 Å². The van der Waals surface area contributed by atoms with E-state index in [0.717, 1.165) is 21.6 Å². The number of aromatic nitrogens is 2. The van der Waals surface area contributed by atoms with Gasteiger partial charge in [0.15, 0.2) is 0 Å². The Morgan fingerprint density at radius 2 is 2.21 bits per heavy atom. The largest absolute Gasteiger partial charge is 0.481 e. The summed E-state index contributed by atoms with van der Waals surface area (Å²) in [6.07, 6.45) is 2.21. The molecule has 2 rings (SSSR count). The van der Waals surface area contributed by atoms with Gasteiger partial charge < -0.3 is 10.4 Å². The second-order valence-corrected chi connectivity index (χ2v) is 6.08. The summed E-state index contributed by atoms with van der Waals surface area (Å²) in [5.41, 5.74) is 0.811. The van der Waals surface area contributed by atoms with Gasteiger partial charge in [-0.25, -0.2) is 9.97 Å². The molecule has 0 aliphatic carbocycles. The third kappa shape index (κ3) is 3.20. The van der Waals surface area contributed by atoms with Crippen LogP contribution in [-0.4, -0.2) is 26.6 Å². The number of anilines is 1. The number of hydrogen-bond acceptors (Lipinski definition) is 5. The lowest BCUT2D eigenvalue weighted by molar-refractivity contribution is -0.137. The van der Waals surface area contributed by atoms with E-state index in [-0.39, 0.29) is 12.0 Å². The number of nitrogens with one attached hydrogen (secondary N) is 1. The van der Waals surface area contributed by atoms with Gasteiger partial charge in [0.2, 0.25) is 0 Å². The molecule has 0 fully saturated rings. The van der Waals surface area contributed by atoms with E-state index in [1.54, 1.807) is 11.3 Å². The van der Waals surface area contributed by atoms with Crippen molar-refractivity contribution in [3.8, 4) is 0 Å². The third-order valence-corrected chi connectivity index (χ3v) is 3.98. The lowest BCUT2D eigenvalue weighted by Gasteiger charge is -2.26. The number of carboxylic acids is 1. The Balaban J connectivity index is 2.25. The minimum absolute atomic E-state index is 0.136. The average molecular weight is 279 g/mol. The fourth-order valence-corrected chi connectivity index (χ4v) is 2.80. The maximum atomic E-state index is 10.7. The first-order valence-electron chi connectivity index (χ1n) is 6.08. The molecule has 0 atom stereocenters. The molecule has 0 unspecified atom stereocenters. The van der Waals surface area contributed by atoms with Crippen LogP contribution in [0.5, 0.6) is 0 Å². The van der Waals surface area contributed by atoms with Crippen LogP contribution in [-0.2, 0) is 4.79 Å². The summed E-state index contributed by atoms with van der Waals surface area (Å²) >= 11 is 1.59. The maximum absolute atomic E-state index is 10.7. The number of thiophene rings is 1. The quantitative estimate of drug-likeness (QED) is 0.879. The zero-order valence-electron chi connectivity index (χ0n) is 11.2. The topological polar surface area (TPSA) is 75.1 Å². The van der Waals surface area contributed by atoms with Crippen molar-refractivity contribution in [2.45, 2.75) is 39.2 Å². The number of nitrogens with zero attached hydrogens (tertiary/aromatic N) is 2. The van der Waals surface area contributed by atoms with Crippen molar-refractivity contribution >= 4 is 33.3 Å². The van der Waals surface area contributed by atoms with Crippen LogP contribution in [0.4, 0.5) is 5.82 Å². The molecule has 102 valence electrons. The van der Waals surface area contributed by atoms with E-state index in [0.29, 0.717) is 6.42 Å². The van der Waals surface area contributed by atoms with Crippen molar-refractivity contribution in [3.05, 3.63) is 17.3 Å². The summed E-state index contributed by atoms with van der Waals surface area (Å²) in [4.78, 5) is 20.1. The highest BCUT2D eigenvalue weighted by Gasteiger charge is 2.21. The number of carboxylic acid groups (broad SMARTS) is 1. The Kier molecular flexibility index (Phi) is 3.71. The third-order valence-electron chi connectivity index (χ3n) is 2.97. The van der Waals surface area contributed by atoms with E-state index < -0.39 is 5.97 Å². The van der Waals surface area contributed by atoms with Crippen LogP contribution in [0.3, 0.4) is 0 Å². The zero-order chi connectivity index (χ0) is 14.0. The fraction of sp³-hybridized carbons (Fsp3) is 0.462. The van der Waals surface area contributed by atoms with E-state index in [9.17, 15) is 4.79 Å². The number of carbonyl (C=O) groups is 1. The Morgan fingerprint density at radius 1 is 1.47 bits per heavy atom. The van der Waals surface area contributed by atoms with Gasteiger partial charge in [0, 0.05) is 12.0 Å². The average Bonchev–Trinajstić information content (AvgIpc) is 2.70. The van der Waals surface area contributed by atoms with E-state index in [1.165, 1.54) is 6.33 Å². The molecule has 0 radical (unpaired) electrons. The van der Waals surface area contributed by atoms with Gasteiger partial charge in [0.1, 0.15) is 17.0 Å². The van der Waals surface area contributed by atoms with Gasteiger partial charge in [0.25, 0.3) is 0 Å². The highest BCUT2D eigenvalue weighted by atomic mass is 32.1. The van der Waals surface area contributed by atoms with Crippen LogP contribution in [0.1, 0.15) is 32.3 Å². The van der Waals surface area contributed by atoms with Crippen LogP contribution >= 0.6 is 11.3 Å². The van der Waals surface area contributed by atoms with Crippen LogP contribution in [0, 0.1) is 6.92 Å². The Bertz CT molecular complexity index is 607. The monoisotopic (exact) mass is 279 g/mol. The molecular formula is C13H17N3O2S. The number of rotatable bonds is 5. The summed E-state index contributed by atoms with van der Waals surface area (Å²) in [5, 5.41) is 15.2. The normalized spacial score (nSPS) is 11.7. The molecule has 6 heteroatoms. The molecule has 2 N–H and O–H groups in total.